The Morgan fingerprint density at radius 3 is 2.50 bits per heavy atom. The van der Waals surface area contributed by atoms with Crippen molar-refractivity contribution in [2.24, 2.45) is 5.73 Å². The first kappa shape index (κ1) is 14.4. The number of hydrogen-bond donors (Lipinski definition) is 2. The second kappa shape index (κ2) is 5.51. The Bertz CT molecular complexity index is 735. The summed E-state index contributed by atoms with van der Waals surface area (Å²) >= 11 is 0. The minimum atomic E-state index is -4.25. The topological polar surface area (TPSA) is 85.1 Å². The minimum Gasteiger partial charge on any atom is -0.326 e. The summed E-state index contributed by atoms with van der Waals surface area (Å²) < 4.78 is 53.1. The molecule has 20 heavy (non-hydrogen) atoms. The number of pyridine rings is 1. The SMILES string of the molecule is NCc1c(F)cccc1NS(=O)(=O)c1ncccc1F. The monoisotopic (exact) mass is 299 g/mol. The summed E-state index contributed by atoms with van der Waals surface area (Å²) in [6.07, 6.45) is 1.15. The van der Waals surface area contributed by atoms with Crippen LogP contribution in [0.15, 0.2) is 41.6 Å². The van der Waals surface area contributed by atoms with Crippen LogP contribution in [0.2, 0.25) is 0 Å². The quantitative estimate of drug-likeness (QED) is 0.898. The Morgan fingerprint density at radius 2 is 1.85 bits per heavy atom. The van der Waals surface area contributed by atoms with Gasteiger partial charge < -0.3 is 5.73 Å². The average Bonchev–Trinajstić information content (AvgIpc) is 2.39. The highest BCUT2D eigenvalue weighted by Gasteiger charge is 2.22. The van der Waals surface area contributed by atoms with Crippen LogP contribution in [0, 0.1) is 11.6 Å². The van der Waals surface area contributed by atoms with E-state index in [0.29, 0.717) is 0 Å². The molecule has 5 nitrogen and oxygen atoms in total. The summed E-state index contributed by atoms with van der Waals surface area (Å²) in [7, 11) is -4.25. The molecule has 0 fully saturated rings. The molecule has 1 heterocycles. The van der Waals surface area contributed by atoms with Crippen molar-refractivity contribution in [1.82, 2.24) is 4.98 Å². The zero-order chi connectivity index (χ0) is 14.8. The molecule has 0 aliphatic carbocycles. The Labute approximate surface area is 114 Å². The highest BCUT2D eigenvalue weighted by Crippen LogP contribution is 2.22. The predicted octanol–water partition coefficient (Wildman–Crippen LogP) is 1.62. The summed E-state index contributed by atoms with van der Waals surface area (Å²) in [6.45, 7) is -0.199. The number of halogens is 2. The van der Waals surface area contributed by atoms with Crippen LogP contribution in [0.5, 0.6) is 0 Å². The number of sulfonamides is 1. The Morgan fingerprint density at radius 1 is 1.15 bits per heavy atom. The van der Waals surface area contributed by atoms with Crippen LogP contribution < -0.4 is 10.5 Å². The largest absolute Gasteiger partial charge is 0.326 e. The lowest BCUT2D eigenvalue weighted by atomic mass is 10.2. The number of benzene rings is 1. The molecule has 2 aromatic rings. The van der Waals surface area contributed by atoms with Gasteiger partial charge in [-0.15, -0.1) is 0 Å². The van der Waals surface area contributed by atoms with Gasteiger partial charge in [0.2, 0.25) is 5.03 Å². The number of nitrogens with zero attached hydrogens (tertiary/aromatic N) is 1. The van der Waals surface area contributed by atoms with Crippen molar-refractivity contribution in [3.63, 3.8) is 0 Å². The molecule has 0 spiro atoms. The average molecular weight is 299 g/mol. The summed E-state index contributed by atoms with van der Waals surface area (Å²) in [5.41, 5.74) is 5.32. The number of hydrogen-bond acceptors (Lipinski definition) is 4. The lowest BCUT2D eigenvalue weighted by molar-refractivity contribution is 0.556. The number of nitrogens with two attached hydrogens (primary N) is 1. The highest BCUT2D eigenvalue weighted by molar-refractivity contribution is 7.92. The number of nitrogens with one attached hydrogen (secondary N) is 1. The van der Waals surface area contributed by atoms with E-state index in [4.69, 9.17) is 5.73 Å². The van der Waals surface area contributed by atoms with Crippen LogP contribution in [0.4, 0.5) is 14.5 Å². The van der Waals surface area contributed by atoms with Crippen LogP contribution in [0.1, 0.15) is 5.56 Å². The maximum absolute atomic E-state index is 13.5. The summed E-state index contributed by atoms with van der Waals surface area (Å²) in [5.74, 6) is -1.64. The van der Waals surface area contributed by atoms with Crippen molar-refractivity contribution in [1.29, 1.82) is 0 Å². The molecule has 0 saturated carbocycles. The third-order valence-electron chi connectivity index (χ3n) is 2.55. The summed E-state index contributed by atoms with van der Waals surface area (Å²) in [5, 5.41) is -0.757. The summed E-state index contributed by atoms with van der Waals surface area (Å²) in [4.78, 5) is 3.47. The van der Waals surface area contributed by atoms with Gasteiger partial charge in [0.15, 0.2) is 5.82 Å². The maximum atomic E-state index is 13.5. The van der Waals surface area contributed by atoms with Crippen molar-refractivity contribution < 1.29 is 17.2 Å². The standard InChI is InChI=1S/C12H11F2N3O2S/c13-9-3-1-5-11(8(9)7-15)17-20(18,19)12-10(14)4-2-6-16-12/h1-6,17H,7,15H2. The van der Waals surface area contributed by atoms with Gasteiger partial charge in [0.05, 0.1) is 5.69 Å². The van der Waals surface area contributed by atoms with E-state index in [9.17, 15) is 17.2 Å². The zero-order valence-corrected chi connectivity index (χ0v) is 11.0. The van der Waals surface area contributed by atoms with E-state index in [-0.39, 0.29) is 17.8 Å². The van der Waals surface area contributed by atoms with Gasteiger partial charge in [0, 0.05) is 18.3 Å². The van der Waals surface area contributed by atoms with Gasteiger partial charge in [-0.3, -0.25) is 4.72 Å². The normalized spacial score (nSPS) is 11.3. The molecule has 0 amide bonds. The smallest absolute Gasteiger partial charge is 0.282 e. The minimum absolute atomic E-state index is 0.00702. The molecule has 0 atom stereocenters. The lowest BCUT2D eigenvalue weighted by Gasteiger charge is -2.12. The van der Waals surface area contributed by atoms with Gasteiger partial charge >= 0.3 is 0 Å². The first-order valence-corrected chi connectivity index (χ1v) is 7.05. The van der Waals surface area contributed by atoms with Crippen molar-refractivity contribution in [3.05, 3.63) is 53.7 Å². The third-order valence-corrected chi connectivity index (χ3v) is 3.84. The highest BCUT2D eigenvalue weighted by atomic mass is 32.2. The van der Waals surface area contributed by atoms with E-state index in [1.165, 1.54) is 18.2 Å². The van der Waals surface area contributed by atoms with E-state index in [1.54, 1.807) is 0 Å². The fourth-order valence-electron chi connectivity index (χ4n) is 1.62. The molecule has 2 rings (SSSR count). The van der Waals surface area contributed by atoms with E-state index in [1.807, 2.05) is 0 Å². The van der Waals surface area contributed by atoms with Gasteiger partial charge in [-0.2, -0.15) is 8.42 Å². The molecule has 0 aliphatic rings. The molecule has 0 saturated heterocycles. The first-order chi connectivity index (χ1) is 9.45. The fourth-order valence-corrected chi connectivity index (χ4v) is 2.73. The van der Waals surface area contributed by atoms with Crippen molar-refractivity contribution >= 4 is 15.7 Å². The molecular weight excluding hydrogens is 288 g/mol. The van der Waals surface area contributed by atoms with Crippen molar-refractivity contribution in [2.45, 2.75) is 11.6 Å². The molecule has 3 N–H and O–H groups in total. The van der Waals surface area contributed by atoms with Crippen LogP contribution in [0.3, 0.4) is 0 Å². The van der Waals surface area contributed by atoms with Gasteiger partial charge in [0.1, 0.15) is 5.82 Å². The predicted molar refractivity (Wildman–Crippen MR) is 69.3 cm³/mol. The third kappa shape index (κ3) is 2.75. The van der Waals surface area contributed by atoms with Crippen LogP contribution in [-0.4, -0.2) is 13.4 Å². The van der Waals surface area contributed by atoms with Crippen LogP contribution in [0.25, 0.3) is 0 Å². The molecule has 8 heteroatoms. The molecule has 1 aromatic heterocycles. The first-order valence-electron chi connectivity index (χ1n) is 5.56. The van der Waals surface area contributed by atoms with Gasteiger partial charge in [-0.1, -0.05) is 6.07 Å². The van der Waals surface area contributed by atoms with Crippen molar-refractivity contribution in [3.8, 4) is 0 Å². The van der Waals surface area contributed by atoms with Crippen LogP contribution in [-0.2, 0) is 16.6 Å². The number of rotatable bonds is 4. The van der Waals surface area contributed by atoms with Crippen LogP contribution >= 0.6 is 0 Å². The van der Waals surface area contributed by atoms with E-state index >= 15 is 0 Å². The Hall–Kier alpha value is -2.06. The second-order valence-corrected chi connectivity index (χ2v) is 5.46. The van der Waals surface area contributed by atoms with Gasteiger partial charge in [-0.25, -0.2) is 13.8 Å². The molecule has 1 aromatic carbocycles. The molecule has 0 aliphatic heterocycles. The van der Waals surface area contributed by atoms with E-state index in [0.717, 1.165) is 18.3 Å². The summed E-state index contributed by atoms with van der Waals surface area (Å²) in [6, 6.07) is 6.05. The van der Waals surface area contributed by atoms with E-state index in [2.05, 4.69) is 9.71 Å². The molecule has 106 valence electrons. The lowest BCUT2D eigenvalue weighted by Crippen LogP contribution is -2.18. The second-order valence-electron chi connectivity index (χ2n) is 3.87. The molecule has 0 bridgehead atoms. The molecular formula is C12H11F2N3O2S. The van der Waals surface area contributed by atoms with Crippen molar-refractivity contribution in [2.75, 3.05) is 4.72 Å². The Kier molecular flexibility index (Phi) is 3.96. The number of aromatic nitrogens is 1. The maximum Gasteiger partial charge on any atom is 0.282 e. The van der Waals surface area contributed by atoms with E-state index < -0.39 is 26.7 Å². The van der Waals surface area contributed by atoms with Gasteiger partial charge in [-0.05, 0) is 24.3 Å². The molecule has 0 radical (unpaired) electrons. The number of anilines is 1. The molecule has 0 unspecified atom stereocenters. The Balaban J connectivity index is 2.44. The van der Waals surface area contributed by atoms with Gasteiger partial charge in [0.25, 0.3) is 10.0 Å². The fraction of sp³-hybridized carbons (Fsp3) is 0.0833. The zero-order valence-electron chi connectivity index (χ0n) is 10.2.